The molecule has 2 atom stereocenters. The molecule has 0 radical (unpaired) electrons. The molecule has 0 fully saturated rings. The molecule has 0 heterocycles. The summed E-state index contributed by atoms with van der Waals surface area (Å²) in [6.45, 7) is 1.72. The van der Waals surface area contributed by atoms with Gasteiger partial charge in [0.25, 0.3) is 0 Å². The van der Waals surface area contributed by atoms with Gasteiger partial charge in [-0.3, -0.25) is 0 Å². The van der Waals surface area contributed by atoms with E-state index in [0.717, 1.165) is 4.35 Å². The Bertz CT molecular complexity index is 762. The first kappa shape index (κ1) is 19.8. The van der Waals surface area contributed by atoms with E-state index in [1.54, 1.807) is 37.3 Å². The van der Waals surface area contributed by atoms with Crippen LogP contribution >= 0.6 is 23.2 Å². The molecule has 2 unspecified atom stereocenters. The number of ketones is 1. The third-order valence-electron chi connectivity index (χ3n) is 3.46. The van der Waals surface area contributed by atoms with E-state index in [1.807, 2.05) is 12.1 Å². The number of hydrogen-bond donors (Lipinski definition) is 1. The van der Waals surface area contributed by atoms with Gasteiger partial charge in [0.05, 0.1) is 0 Å². The van der Waals surface area contributed by atoms with Gasteiger partial charge in [-0.1, -0.05) is 0 Å². The zero-order valence-electron chi connectivity index (χ0n) is 13.5. The number of carboxylic acid groups (broad SMARTS) is 1. The van der Waals surface area contributed by atoms with Crippen LogP contribution in [0.5, 0.6) is 5.75 Å². The molecule has 2 rings (SSSR count). The molecular formula is C18H17AsCl2O4. The minimum atomic E-state index is -0.886. The number of benzene rings is 2. The van der Waals surface area contributed by atoms with Crippen molar-refractivity contribution in [2.45, 2.75) is 12.1 Å². The zero-order valence-corrected chi connectivity index (χ0v) is 17.1. The van der Waals surface area contributed by atoms with Gasteiger partial charge in [-0.2, -0.15) is 0 Å². The summed E-state index contributed by atoms with van der Waals surface area (Å²) in [6.07, 6.45) is 0. The molecule has 1 N–H and O–H groups in total. The Hall–Kier alpha value is -1.48. The molecule has 0 aliphatic rings. The number of hydrogen-bond acceptors (Lipinski definition) is 3. The second kappa shape index (κ2) is 9.28. The summed E-state index contributed by atoms with van der Waals surface area (Å²) in [6, 6.07) is 12.3. The molecule has 4 nitrogen and oxygen atoms in total. The van der Waals surface area contributed by atoms with Gasteiger partial charge in [0.1, 0.15) is 0 Å². The summed E-state index contributed by atoms with van der Waals surface area (Å²) in [5, 5.41) is 10.2. The SMILES string of the molecule is CC(COc1ccc([AsH]CC(=O)c2ccc(Cl)cc2Cl)cc1)C(=O)O. The van der Waals surface area contributed by atoms with Crippen LogP contribution in [0.3, 0.4) is 0 Å². The van der Waals surface area contributed by atoms with Crippen LogP contribution in [0, 0.1) is 5.92 Å². The Kier molecular flexibility index (Phi) is 7.36. The molecular weight excluding hydrogens is 426 g/mol. The molecule has 7 heteroatoms. The van der Waals surface area contributed by atoms with Gasteiger partial charge in [0, 0.05) is 0 Å². The third-order valence-corrected chi connectivity index (χ3v) is 6.61. The molecule has 25 heavy (non-hydrogen) atoms. The van der Waals surface area contributed by atoms with Crippen molar-refractivity contribution in [3.8, 4) is 5.75 Å². The molecule has 0 bridgehead atoms. The fourth-order valence-corrected chi connectivity index (χ4v) is 4.48. The van der Waals surface area contributed by atoms with E-state index < -0.39 is 27.6 Å². The summed E-state index contributed by atoms with van der Waals surface area (Å²) < 4.78 is 6.55. The van der Waals surface area contributed by atoms with E-state index in [9.17, 15) is 9.59 Å². The van der Waals surface area contributed by atoms with Crippen LogP contribution in [0.25, 0.3) is 0 Å². The van der Waals surface area contributed by atoms with E-state index >= 15 is 0 Å². The fourth-order valence-electron chi connectivity index (χ4n) is 1.95. The van der Waals surface area contributed by atoms with Crippen molar-refractivity contribution in [1.29, 1.82) is 0 Å². The predicted octanol–water partition coefficient (Wildman–Crippen LogP) is 3.46. The number of carbonyl (C=O) groups excluding carboxylic acids is 1. The molecule has 0 spiro atoms. The number of aliphatic carboxylic acids is 1. The monoisotopic (exact) mass is 442 g/mol. The molecule has 0 saturated heterocycles. The third kappa shape index (κ3) is 6.07. The maximum absolute atomic E-state index is 12.3. The summed E-state index contributed by atoms with van der Waals surface area (Å²) in [4.78, 5) is 23.0. The van der Waals surface area contributed by atoms with Gasteiger partial charge in [0.15, 0.2) is 0 Å². The van der Waals surface area contributed by atoms with Crippen molar-refractivity contribution in [3.63, 3.8) is 0 Å². The average molecular weight is 443 g/mol. The van der Waals surface area contributed by atoms with E-state index in [0.29, 0.717) is 26.6 Å². The van der Waals surface area contributed by atoms with Crippen LogP contribution in [0.4, 0.5) is 0 Å². The summed E-state index contributed by atoms with van der Waals surface area (Å²) >= 11 is 11.3. The van der Waals surface area contributed by atoms with Crippen molar-refractivity contribution in [3.05, 3.63) is 58.1 Å². The van der Waals surface area contributed by atoms with Crippen LogP contribution in [-0.2, 0) is 4.79 Å². The van der Waals surface area contributed by atoms with Crippen LogP contribution in [0.15, 0.2) is 42.5 Å². The van der Waals surface area contributed by atoms with Crippen LogP contribution in [0.1, 0.15) is 17.3 Å². The van der Waals surface area contributed by atoms with Gasteiger partial charge in [-0.05, 0) is 0 Å². The normalized spacial score (nSPS) is 12.3. The molecule has 2 aromatic rings. The van der Waals surface area contributed by atoms with Crippen molar-refractivity contribution < 1.29 is 19.4 Å². The molecule has 0 aromatic heterocycles. The average Bonchev–Trinajstić information content (AvgIpc) is 2.58. The second-order valence-electron chi connectivity index (χ2n) is 5.48. The first-order valence-electron chi connectivity index (χ1n) is 7.54. The van der Waals surface area contributed by atoms with E-state index in [-0.39, 0.29) is 12.4 Å². The first-order valence-corrected chi connectivity index (χ1v) is 10.8. The second-order valence-corrected chi connectivity index (χ2v) is 9.01. The number of rotatable bonds is 8. The number of ether oxygens (including phenoxy) is 1. The fraction of sp³-hybridized carbons (Fsp3) is 0.222. The Morgan fingerprint density at radius 3 is 2.44 bits per heavy atom. The van der Waals surface area contributed by atoms with Gasteiger partial charge >= 0.3 is 163 Å². The molecule has 0 saturated carbocycles. The molecule has 132 valence electrons. The summed E-state index contributed by atoms with van der Waals surface area (Å²) in [7, 11) is 0. The minimum absolute atomic E-state index is 0.0114. The Morgan fingerprint density at radius 1 is 1.16 bits per heavy atom. The number of halogens is 2. The number of Topliss-reactive ketones (excluding diaryl/α,β-unsaturated/α-hetero) is 1. The topological polar surface area (TPSA) is 63.6 Å². The van der Waals surface area contributed by atoms with E-state index in [4.69, 9.17) is 33.0 Å². The zero-order chi connectivity index (χ0) is 18.4. The van der Waals surface area contributed by atoms with Crippen LogP contribution < -0.4 is 9.09 Å². The number of carboxylic acids is 1. The first-order chi connectivity index (χ1) is 11.9. The van der Waals surface area contributed by atoms with Crippen molar-refractivity contribution in [2.75, 3.05) is 6.61 Å². The van der Waals surface area contributed by atoms with Crippen LogP contribution in [0.2, 0.25) is 15.3 Å². The predicted molar refractivity (Wildman–Crippen MR) is 101 cm³/mol. The quantitative estimate of drug-likeness (QED) is 0.502. The van der Waals surface area contributed by atoms with Crippen molar-refractivity contribution in [1.82, 2.24) is 0 Å². The molecule has 0 aliphatic heterocycles. The van der Waals surface area contributed by atoms with Crippen LogP contribution in [-0.4, -0.2) is 39.2 Å². The van der Waals surface area contributed by atoms with Gasteiger partial charge in [0.2, 0.25) is 0 Å². The number of carbonyl (C=O) groups is 2. The Morgan fingerprint density at radius 2 is 1.84 bits per heavy atom. The van der Waals surface area contributed by atoms with Crippen molar-refractivity contribution >= 4 is 55.1 Å². The Balaban J connectivity index is 1.88. The van der Waals surface area contributed by atoms with E-state index in [1.165, 1.54) is 0 Å². The Labute approximate surface area is 162 Å². The van der Waals surface area contributed by atoms with Crippen molar-refractivity contribution in [2.24, 2.45) is 5.92 Å². The maximum atomic E-state index is 12.3. The summed E-state index contributed by atoms with van der Waals surface area (Å²) in [5.41, 5.74) is 0.498. The van der Waals surface area contributed by atoms with Gasteiger partial charge in [-0.15, -0.1) is 0 Å². The molecule has 0 aliphatic carbocycles. The standard InChI is InChI=1S/C18H17AsCl2O4/c1-11(18(23)24)10-25-14-5-2-12(3-6-14)19-9-17(22)15-7-4-13(20)8-16(15)21/h2-8,11,19H,9-10H2,1H3,(H,23,24). The summed E-state index contributed by atoms with van der Waals surface area (Å²) in [5.74, 6) is -0.815. The van der Waals surface area contributed by atoms with E-state index in [2.05, 4.69) is 0 Å². The molecule has 2 aromatic carbocycles. The van der Waals surface area contributed by atoms with Gasteiger partial charge in [-0.25, -0.2) is 0 Å². The molecule has 0 amide bonds. The van der Waals surface area contributed by atoms with Gasteiger partial charge < -0.3 is 0 Å².